The Morgan fingerprint density at radius 1 is 1.54 bits per heavy atom. The molecule has 2 aromatic rings. The Labute approximate surface area is 73.9 Å². The first-order valence-electron chi connectivity index (χ1n) is 3.75. The highest BCUT2D eigenvalue weighted by Crippen LogP contribution is 2.25. The lowest BCUT2D eigenvalue weighted by atomic mass is 10.2. The normalized spacial score (nSPS) is 9.92. The SMILES string of the molecule is Cc1ccc2onc(N=C=O)c2c1. The van der Waals surface area contributed by atoms with Gasteiger partial charge in [0.1, 0.15) is 0 Å². The molecule has 0 spiro atoms. The zero-order valence-electron chi connectivity index (χ0n) is 6.94. The minimum Gasteiger partial charge on any atom is -0.354 e. The quantitative estimate of drug-likeness (QED) is 0.491. The maximum atomic E-state index is 10.0. The van der Waals surface area contributed by atoms with Crippen LogP contribution in [0.2, 0.25) is 0 Å². The fraction of sp³-hybridized carbons (Fsp3) is 0.111. The second-order valence-electron chi connectivity index (χ2n) is 2.71. The molecule has 1 heterocycles. The number of aryl methyl sites for hydroxylation is 1. The minimum atomic E-state index is 0.286. The molecule has 0 radical (unpaired) electrons. The van der Waals surface area contributed by atoms with Crippen LogP contribution in [0.1, 0.15) is 5.56 Å². The van der Waals surface area contributed by atoms with Crippen molar-refractivity contribution in [3.05, 3.63) is 23.8 Å². The van der Waals surface area contributed by atoms with E-state index >= 15 is 0 Å². The van der Waals surface area contributed by atoms with Crippen molar-refractivity contribution >= 4 is 22.9 Å². The molecule has 0 atom stereocenters. The number of hydrogen-bond acceptors (Lipinski definition) is 4. The topological polar surface area (TPSA) is 55.5 Å². The average molecular weight is 174 g/mol. The van der Waals surface area contributed by atoms with Gasteiger partial charge in [-0.3, -0.25) is 0 Å². The standard InChI is InChI=1S/C9H6N2O2/c1-6-2-3-8-7(4-6)9(10-5-12)11-13-8/h2-4H,1H3. The van der Waals surface area contributed by atoms with E-state index in [2.05, 4.69) is 10.1 Å². The Morgan fingerprint density at radius 2 is 2.38 bits per heavy atom. The molecular weight excluding hydrogens is 168 g/mol. The van der Waals surface area contributed by atoms with Crippen LogP contribution < -0.4 is 0 Å². The predicted octanol–water partition coefficient (Wildman–Crippen LogP) is 2.10. The number of hydrogen-bond donors (Lipinski definition) is 0. The first-order chi connectivity index (χ1) is 6.31. The lowest BCUT2D eigenvalue weighted by Gasteiger charge is -1.89. The van der Waals surface area contributed by atoms with Crippen LogP contribution in [-0.2, 0) is 4.79 Å². The number of isocyanates is 1. The van der Waals surface area contributed by atoms with Crippen LogP contribution in [0, 0.1) is 6.92 Å². The van der Waals surface area contributed by atoms with Gasteiger partial charge in [0.2, 0.25) is 11.9 Å². The van der Waals surface area contributed by atoms with Crippen molar-refractivity contribution < 1.29 is 9.32 Å². The lowest BCUT2D eigenvalue weighted by Crippen LogP contribution is -1.69. The van der Waals surface area contributed by atoms with E-state index in [1.54, 1.807) is 6.07 Å². The summed E-state index contributed by atoms with van der Waals surface area (Å²) in [5.41, 5.74) is 1.69. The van der Waals surface area contributed by atoms with E-state index in [-0.39, 0.29) is 5.82 Å². The summed E-state index contributed by atoms with van der Waals surface area (Å²) in [7, 11) is 0. The fourth-order valence-electron chi connectivity index (χ4n) is 1.16. The third-order valence-corrected chi connectivity index (χ3v) is 1.76. The molecule has 0 bridgehead atoms. The molecule has 0 aliphatic carbocycles. The number of aromatic nitrogens is 1. The van der Waals surface area contributed by atoms with Crippen LogP contribution in [-0.4, -0.2) is 11.2 Å². The van der Waals surface area contributed by atoms with Crippen LogP contribution in [0.5, 0.6) is 0 Å². The van der Waals surface area contributed by atoms with Gasteiger partial charge in [0.15, 0.2) is 5.58 Å². The van der Waals surface area contributed by atoms with E-state index in [1.807, 2.05) is 19.1 Å². The zero-order chi connectivity index (χ0) is 9.26. The second-order valence-corrected chi connectivity index (χ2v) is 2.71. The summed E-state index contributed by atoms with van der Waals surface area (Å²) in [6.07, 6.45) is 1.43. The summed E-state index contributed by atoms with van der Waals surface area (Å²) in [5.74, 6) is 0.286. The van der Waals surface area contributed by atoms with Crippen molar-refractivity contribution in [2.75, 3.05) is 0 Å². The molecule has 4 nitrogen and oxygen atoms in total. The molecule has 0 saturated carbocycles. The van der Waals surface area contributed by atoms with Crippen LogP contribution in [0.15, 0.2) is 27.7 Å². The number of benzene rings is 1. The van der Waals surface area contributed by atoms with Crippen molar-refractivity contribution in [1.82, 2.24) is 5.16 Å². The number of rotatable bonds is 1. The van der Waals surface area contributed by atoms with Crippen molar-refractivity contribution in [3.63, 3.8) is 0 Å². The van der Waals surface area contributed by atoms with Crippen molar-refractivity contribution in [2.24, 2.45) is 4.99 Å². The van der Waals surface area contributed by atoms with Crippen LogP contribution in [0.4, 0.5) is 5.82 Å². The van der Waals surface area contributed by atoms with Crippen LogP contribution in [0.25, 0.3) is 11.0 Å². The largest absolute Gasteiger partial charge is 0.354 e. The molecule has 0 N–H and O–H groups in total. The van der Waals surface area contributed by atoms with Gasteiger partial charge in [-0.1, -0.05) is 16.8 Å². The van der Waals surface area contributed by atoms with Gasteiger partial charge in [0.05, 0.1) is 5.39 Å². The Kier molecular flexibility index (Phi) is 1.69. The first-order valence-corrected chi connectivity index (χ1v) is 3.75. The minimum absolute atomic E-state index is 0.286. The smallest absolute Gasteiger partial charge is 0.242 e. The molecule has 13 heavy (non-hydrogen) atoms. The fourth-order valence-corrected chi connectivity index (χ4v) is 1.16. The van der Waals surface area contributed by atoms with E-state index in [4.69, 9.17) is 4.52 Å². The summed E-state index contributed by atoms with van der Waals surface area (Å²) in [6, 6.07) is 5.56. The molecule has 1 aromatic carbocycles. The summed E-state index contributed by atoms with van der Waals surface area (Å²) >= 11 is 0. The highest BCUT2D eigenvalue weighted by atomic mass is 16.5. The van der Waals surface area contributed by atoms with E-state index in [0.717, 1.165) is 10.9 Å². The monoisotopic (exact) mass is 174 g/mol. The lowest BCUT2D eigenvalue weighted by molar-refractivity contribution is 0.458. The van der Waals surface area contributed by atoms with E-state index < -0.39 is 0 Å². The zero-order valence-corrected chi connectivity index (χ0v) is 6.94. The van der Waals surface area contributed by atoms with Crippen molar-refractivity contribution in [3.8, 4) is 0 Å². The Hall–Kier alpha value is -1.93. The van der Waals surface area contributed by atoms with E-state index in [9.17, 15) is 4.79 Å². The molecule has 64 valence electrons. The third kappa shape index (κ3) is 1.23. The van der Waals surface area contributed by atoms with Gasteiger partial charge in [-0.15, -0.1) is 4.99 Å². The van der Waals surface area contributed by atoms with Gasteiger partial charge in [-0.25, -0.2) is 4.79 Å². The summed E-state index contributed by atoms with van der Waals surface area (Å²) in [4.78, 5) is 13.5. The first kappa shape index (κ1) is 7.71. The van der Waals surface area contributed by atoms with E-state index in [1.165, 1.54) is 6.08 Å². The van der Waals surface area contributed by atoms with Gasteiger partial charge < -0.3 is 4.52 Å². The summed E-state index contributed by atoms with van der Waals surface area (Å²) in [6.45, 7) is 1.95. The van der Waals surface area contributed by atoms with Gasteiger partial charge in [-0.2, -0.15) is 0 Å². The molecule has 0 aliphatic rings. The number of fused-ring (bicyclic) bond motifs is 1. The summed E-state index contributed by atoms with van der Waals surface area (Å²) in [5, 5.41) is 4.36. The Balaban J connectivity index is 2.78. The molecule has 0 saturated heterocycles. The molecule has 4 heteroatoms. The van der Waals surface area contributed by atoms with E-state index in [0.29, 0.717) is 5.58 Å². The van der Waals surface area contributed by atoms with Gasteiger partial charge in [0.25, 0.3) is 0 Å². The highest BCUT2D eigenvalue weighted by molar-refractivity contribution is 5.87. The average Bonchev–Trinajstić information content (AvgIpc) is 2.49. The molecule has 2 rings (SSSR count). The van der Waals surface area contributed by atoms with Gasteiger partial charge >= 0.3 is 0 Å². The molecule has 0 aliphatic heterocycles. The van der Waals surface area contributed by atoms with Gasteiger partial charge in [-0.05, 0) is 19.1 Å². The molecule has 1 aromatic heterocycles. The predicted molar refractivity (Wildman–Crippen MR) is 46.5 cm³/mol. The Morgan fingerprint density at radius 3 is 3.15 bits per heavy atom. The number of carbonyl (C=O) groups excluding carboxylic acids is 1. The number of nitrogens with zero attached hydrogens (tertiary/aromatic N) is 2. The van der Waals surface area contributed by atoms with Gasteiger partial charge in [0, 0.05) is 0 Å². The highest BCUT2D eigenvalue weighted by Gasteiger charge is 2.05. The molecule has 0 amide bonds. The maximum Gasteiger partial charge on any atom is 0.242 e. The van der Waals surface area contributed by atoms with Crippen LogP contribution in [0.3, 0.4) is 0 Å². The van der Waals surface area contributed by atoms with Crippen LogP contribution >= 0.6 is 0 Å². The summed E-state index contributed by atoms with van der Waals surface area (Å²) < 4.78 is 4.93. The Bertz CT molecular complexity index is 495. The van der Waals surface area contributed by atoms with Crippen molar-refractivity contribution in [2.45, 2.75) is 6.92 Å². The van der Waals surface area contributed by atoms with Crippen molar-refractivity contribution in [1.29, 1.82) is 0 Å². The third-order valence-electron chi connectivity index (χ3n) is 1.76. The molecular formula is C9H6N2O2. The molecule has 0 fully saturated rings. The molecule has 0 unspecified atom stereocenters. The second kappa shape index (κ2) is 2.84. The maximum absolute atomic E-state index is 10.0. The number of aliphatic imine (C=N–C) groups is 1.